The van der Waals surface area contributed by atoms with E-state index in [1.165, 1.54) is 6.07 Å². The van der Waals surface area contributed by atoms with Gasteiger partial charge in [0.05, 0.1) is 5.02 Å². The van der Waals surface area contributed by atoms with Crippen molar-refractivity contribution in [3.05, 3.63) is 57.8 Å². The molecule has 2 rings (SSSR count). The number of halogens is 3. The van der Waals surface area contributed by atoms with Gasteiger partial charge in [-0.15, -0.1) is 0 Å². The van der Waals surface area contributed by atoms with E-state index in [-0.39, 0.29) is 10.8 Å². The van der Waals surface area contributed by atoms with Gasteiger partial charge in [-0.3, -0.25) is 0 Å². The molecule has 0 radical (unpaired) electrons. The van der Waals surface area contributed by atoms with E-state index in [9.17, 15) is 4.39 Å². The van der Waals surface area contributed by atoms with Crippen LogP contribution in [0.25, 0.3) is 0 Å². The molecule has 19 heavy (non-hydrogen) atoms. The number of nitrogens with one attached hydrogen (secondary N) is 1. The minimum atomic E-state index is -0.522. The molecule has 0 fully saturated rings. The molecule has 0 spiro atoms. The Hall–Kier alpha value is -1.26. The van der Waals surface area contributed by atoms with Crippen molar-refractivity contribution >= 4 is 33.2 Å². The van der Waals surface area contributed by atoms with E-state index in [2.05, 4.69) is 21.2 Å². The summed E-state index contributed by atoms with van der Waals surface area (Å²) in [4.78, 5) is 0. The Morgan fingerprint density at radius 3 is 2.79 bits per heavy atom. The van der Waals surface area contributed by atoms with Crippen LogP contribution in [-0.2, 0) is 0 Å². The topological polar surface area (TPSA) is 21.3 Å². The fourth-order valence-corrected chi connectivity index (χ4v) is 2.12. The Morgan fingerprint density at radius 1 is 1.21 bits per heavy atom. The Bertz CT molecular complexity index is 565. The quantitative estimate of drug-likeness (QED) is 0.792. The van der Waals surface area contributed by atoms with Gasteiger partial charge in [0.25, 0.3) is 0 Å². The van der Waals surface area contributed by atoms with Gasteiger partial charge in [-0.2, -0.15) is 0 Å². The van der Waals surface area contributed by atoms with Crippen molar-refractivity contribution in [2.24, 2.45) is 0 Å². The normalized spacial score (nSPS) is 10.3. The molecule has 2 aromatic rings. The molecule has 1 N–H and O–H groups in total. The lowest BCUT2D eigenvalue weighted by molar-refractivity contribution is 0.315. The molecule has 0 aliphatic heterocycles. The lowest BCUT2D eigenvalue weighted by Crippen LogP contribution is -2.12. The Balaban J connectivity index is 1.82. The number of anilines is 1. The molecule has 0 saturated carbocycles. The smallest absolute Gasteiger partial charge is 0.183 e. The highest BCUT2D eigenvalue weighted by Crippen LogP contribution is 2.23. The van der Waals surface area contributed by atoms with E-state index in [0.717, 1.165) is 10.2 Å². The molecule has 0 atom stereocenters. The molecular formula is C14H12BrClFNO. The third kappa shape index (κ3) is 4.11. The largest absolute Gasteiger partial charge is 0.489 e. The third-order valence-electron chi connectivity index (χ3n) is 2.43. The SMILES string of the molecule is Fc1c(Cl)cccc1OCCNc1cccc(Br)c1. The highest BCUT2D eigenvalue weighted by Gasteiger charge is 2.06. The summed E-state index contributed by atoms with van der Waals surface area (Å²) in [5.41, 5.74) is 0.976. The lowest BCUT2D eigenvalue weighted by atomic mass is 10.3. The molecule has 0 aromatic heterocycles. The van der Waals surface area contributed by atoms with Crippen LogP contribution in [0.4, 0.5) is 10.1 Å². The molecule has 5 heteroatoms. The summed E-state index contributed by atoms with van der Waals surface area (Å²) in [6.45, 7) is 0.923. The molecule has 0 aliphatic rings. The molecule has 0 amide bonds. The van der Waals surface area contributed by atoms with Crippen molar-refractivity contribution in [3.8, 4) is 5.75 Å². The van der Waals surface area contributed by atoms with Crippen molar-refractivity contribution in [3.63, 3.8) is 0 Å². The number of hydrogen-bond acceptors (Lipinski definition) is 2. The molecule has 2 aromatic carbocycles. The second-order valence-electron chi connectivity index (χ2n) is 3.84. The highest BCUT2D eigenvalue weighted by atomic mass is 79.9. The van der Waals surface area contributed by atoms with E-state index in [1.807, 2.05) is 24.3 Å². The molecule has 0 bridgehead atoms. The van der Waals surface area contributed by atoms with Crippen molar-refractivity contribution in [1.29, 1.82) is 0 Å². The van der Waals surface area contributed by atoms with Gasteiger partial charge >= 0.3 is 0 Å². The number of hydrogen-bond donors (Lipinski definition) is 1. The monoisotopic (exact) mass is 343 g/mol. The zero-order valence-electron chi connectivity index (χ0n) is 10.00. The van der Waals surface area contributed by atoms with E-state index in [1.54, 1.807) is 12.1 Å². The number of benzene rings is 2. The van der Waals surface area contributed by atoms with Gasteiger partial charge in [0.2, 0.25) is 0 Å². The van der Waals surface area contributed by atoms with Crippen molar-refractivity contribution in [1.82, 2.24) is 0 Å². The summed E-state index contributed by atoms with van der Waals surface area (Å²) in [6, 6.07) is 12.5. The molecule has 100 valence electrons. The molecule has 0 unspecified atom stereocenters. The van der Waals surface area contributed by atoms with Crippen LogP contribution in [0.3, 0.4) is 0 Å². The predicted molar refractivity (Wildman–Crippen MR) is 79.5 cm³/mol. The van der Waals surface area contributed by atoms with Gasteiger partial charge in [-0.05, 0) is 30.3 Å². The van der Waals surface area contributed by atoms with E-state index in [4.69, 9.17) is 16.3 Å². The molecule has 0 aliphatic carbocycles. The first-order chi connectivity index (χ1) is 9.16. The summed E-state index contributed by atoms with van der Waals surface area (Å²) in [5.74, 6) is -0.352. The van der Waals surface area contributed by atoms with Crippen LogP contribution in [0, 0.1) is 5.82 Å². The van der Waals surface area contributed by atoms with Crippen LogP contribution in [0.1, 0.15) is 0 Å². The second-order valence-corrected chi connectivity index (χ2v) is 5.16. The Morgan fingerprint density at radius 2 is 2.00 bits per heavy atom. The standard InChI is InChI=1S/C14H12BrClFNO/c15-10-3-1-4-11(9-10)18-7-8-19-13-6-2-5-12(16)14(13)17/h1-6,9,18H,7-8H2. The van der Waals surface area contributed by atoms with Crippen LogP contribution >= 0.6 is 27.5 Å². The maximum Gasteiger partial charge on any atom is 0.183 e. The van der Waals surface area contributed by atoms with Crippen LogP contribution in [0.5, 0.6) is 5.75 Å². The van der Waals surface area contributed by atoms with Crippen molar-refractivity contribution in [2.45, 2.75) is 0 Å². The zero-order chi connectivity index (χ0) is 13.7. The molecule has 2 nitrogen and oxygen atoms in total. The number of ether oxygens (including phenoxy) is 1. The van der Waals surface area contributed by atoms with Crippen LogP contribution < -0.4 is 10.1 Å². The summed E-state index contributed by atoms with van der Waals surface area (Å²) >= 11 is 9.05. The van der Waals surface area contributed by atoms with E-state index in [0.29, 0.717) is 13.2 Å². The maximum absolute atomic E-state index is 13.5. The summed E-state index contributed by atoms with van der Waals surface area (Å²) in [5, 5.41) is 3.25. The van der Waals surface area contributed by atoms with Crippen LogP contribution in [0.15, 0.2) is 46.9 Å². The number of rotatable bonds is 5. The van der Waals surface area contributed by atoms with Gasteiger partial charge < -0.3 is 10.1 Å². The zero-order valence-corrected chi connectivity index (χ0v) is 12.3. The first kappa shape index (κ1) is 14.2. The van der Waals surface area contributed by atoms with Gasteiger partial charge in [-0.25, -0.2) is 4.39 Å². The first-order valence-electron chi connectivity index (χ1n) is 5.73. The summed E-state index contributed by atoms with van der Waals surface area (Å²) < 4.78 is 19.9. The Kier molecular flexibility index (Phi) is 5.05. The van der Waals surface area contributed by atoms with E-state index < -0.39 is 5.82 Å². The van der Waals surface area contributed by atoms with Crippen LogP contribution in [-0.4, -0.2) is 13.2 Å². The fraction of sp³-hybridized carbons (Fsp3) is 0.143. The van der Waals surface area contributed by atoms with Crippen molar-refractivity contribution in [2.75, 3.05) is 18.5 Å². The predicted octanol–water partition coefficient (Wildman–Crippen LogP) is 4.73. The van der Waals surface area contributed by atoms with Gasteiger partial charge in [-0.1, -0.05) is 39.7 Å². The van der Waals surface area contributed by atoms with Crippen LogP contribution in [0.2, 0.25) is 5.02 Å². The highest BCUT2D eigenvalue weighted by molar-refractivity contribution is 9.10. The maximum atomic E-state index is 13.5. The average Bonchev–Trinajstić information content (AvgIpc) is 2.39. The van der Waals surface area contributed by atoms with Gasteiger partial charge in [0.1, 0.15) is 6.61 Å². The molecule has 0 saturated heterocycles. The van der Waals surface area contributed by atoms with Gasteiger partial charge in [0, 0.05) is 16.7 Å². The fourth-order valence-electron chi connectivity index (χ4n) is 1.55. The average molecular weight is 345 g/mol. The third-order valence-corrected chi connectivity index (χ3v) is 3.21. The first-order valence-corrected chi connectivity index (χ1v) is 6.90. The van der Waals surface area contributed by atoms with Crippen molar-refractivity contribution < 1.29 is 9.13 Å². The molecular weight excluding hydrogens is 333 g/mol. The summed E-state index contributed by atoms with van der Waals surface area (Å²) in [7, 11) is 0. The van der Waals surface area contributed by atoms with E-state index >= 15 is 0 Å². The Labute approximate surface area is 124 Å². The minimum Gasteiger partial charge on any atom is -0.489 e. The second kappa shape index (κ2) is 6.78. The van der Waals surface area contributed by atoms with Gasteiger partial charge in [0.15, 0.2) is 11.6 Å². The minimum absolute atomic E-state index is 0.0671. The summed E-state index contributed by atoms with van der Waals surface area (Å²) in [6.07, 6.45) is 0. The lowest BCUT2D eigenvalue weighted by Gasteiger charge is -2.10. The molecule has 0 heterocycles.